The molecule has 3 rings (SSSR count). The van der Waals surface area contributed by atoms with Crippen LogP contribution in [0.1, 0.15) is 35.2 Å². The number of H-pyrrole nitrogens is 1. The maximum Gasteiger partial charge on any atom is 0.341 e. The summed E-state index contributed by atoms with van der Waals surface area (Å²) in [6, 6.07) is 5.66. The quantitative estimate of drug-likeness (QED) is 0.731. The lowest BCUT2D eigenvalue weighted by Crippen LogP contribution is -2.09. The minimum absolute atomic E-state index is 0.280. The Morgan fingerprint density at radius 1 is 1.43 bits per heavy atom. The number of aromatic nitrogens is 3. The standard InChI is InChI=1S/C14H12BrN3O3/c1-7(13-18-17-8(2)21-13)20-14(19)11-6-16-12-4-3-9(15)5-10(11)12/h3-7,16H,1-2H3. The van der Waals surface area contributed by atoms with E-state index in [4.69, 9.17) is 9.15 Å². The van der Waals surface area contributed by atoms with Gasteiger partial charge in [-0.3, -0.25) is 0 Å². The Morgan fingerprint density at radius 3 is 2.95 bits per heavy atom. The molecule has 0 aliphatic heterocycles. The van der Waals surface area contributed by atoms with Crippen LogP contribution in [0.4, 0.5) is 0 Å². The van der Waals surface area contributed by atoms with Gasteiger partial charge in [-0.25, -0.2) is 4.79 Å². The van der Waals surface area contributed by atoms with E-state index in [1.54, 1.807) is 20.0 Å². The highest BCUT2D eigenvalue weighted by Crippen LogP contribution is 2.25. The van der Waals surface area contributed by atoms with Crippen LogP contribution in [0.25, 0.3) is 10.9 Å². The van der Waals surface area contributed by atoms with E-state index in [1.807, 2.05) is 18.2 Å². The number of aryl methyl sites for hydroxylation is 1. The molecule has 1 aromatic carbocycles. The first-order valence-corrected chi connectivity index (χ1v) is 7.11. The molecule has 2 aromatic heterocycles. The molecule has 1 unspecified atom stereocenters. The average molecular weight is 350 g/mol. The lowest BCUT2D eigenvalue weighted by Gasteiger charge is -2.08. The molecule has 0 fully saturated rings. The normalized spacial score (nSPS) is 12.5. The number of nitrogens with zero attached hydrogens (tertiary/aromatic N) is 2. The molecule has 0 aliphatic rings. The first-order chi connectivity index (χ1) is 10.0. The van der Waals surface area contributed by atoms with Gasteiger partial charge in [0.2, 0.25) is 5.89 Å². The van der Waals surface area contributed by atoms with Crippen LogP contribution in [-0.4, -0.2) is 21.2 Å². The highest BCUT2D eigenvalue weighted by Gasteiger charge is 2.20. The fourth-order valence-electron chi connectivity index (χ4n) is 2.01. The highest BCUT2D eigenvalue weighted by molar-refractivity contribution is 9.10. The minimum atomic E-state index is -0.601. The Balaban J connectivity index is 1.85. The number of benzene rings is 1. The van der Waals surface area contributed by atoms with Crippen molar-refractivity contribution in [2.24, 2.45) is 0 Å². The van der Waals surface area contributed by atoms with Gasteiger partial charge in [0.1, 0.15) is 0 Å². The number of fused-ring (bicyclic) bond motifs is 1. The van der Waals surface area contributed by atoms with Gasteiger partial charge < -0.3 is 14.1 Å². The number of halogens is 1. The van der Waals surface area contributed by atoms with Crippen molar-refractivity contribution < 1.29 is 13.9 Å². The number of rotatable bonds is 3. The molecule has 6 nitrogen and oxygen atoms in total. The van der Waals surface area contributed by atoms with E-state index in [2.05, 4.69) is 31.1 Å². The molecule has 0 aliphatic carbocycles. The fraction of sp³-hybridized carbons (Fsp3) is 0.214. The van der Waals surface area contributed by atoms with Crippen LogP contribution in [0.2, 0.25) is 0 Å². The zero-order valence-corrected chi connectivity index (χ0v) is 13.0. The van der Waals surface area contributed by atoms with E-state index in [0.29, 0.717) is 11.5 Å². The molecule has 0 saturated carbocycles. The zero-order valence-electron chi connectivity index (χ0n) is 11.4. The van der Waals surface area contributed by atoms with Crippen molar-refractivity contribution >= 4 is 32.8 Å². The molecule has 0 bridgehead atoms. The van der Waals surface area contributed by atoms with Gasteiger partial charge in [0, 0.05) is 28.5 Å². The smallest absolute Gasteiger partial charge is 0.341 e. The second-order valence-electron chi connectivity index (χ2n) is 4.60. The van der Waals surface area contributed by atoms with Gasteiger partial charge in [-0.1, -0.05) is 15.9 Å². The summed E-state index contributed by atoms with van der Waals surface area (Å²) < 4.78 is 11.5. The summed E-state index contributed by atoms with van der Waals surface area (Å²) in [5.41, 5.74) is 1.33. The van der Waals surface area contributed by atoms with Crippen LogP contribution in [0.3, 0.4) is 0 Å². The molecule has 0 amide bonds. The van der Waals surface area contributed by atoms with Gasteiger partial charge in [0.05, 0.1) is 5.56 Å². The number of hydrogen-bond acceptors (Lipinski definition) is 5. The molecule has 2 heterocycles. The van der Waals surface area contributed by atoms with E-state index in [1.165, 1.54) is 0 Å². The summed E-state index contributed by atoms with van der Waals surface area (Å²) >= 11 is 3.39. The third-order valence-electron chi connectivity index (χ3n) is 3.04. The van der Waals surface area contributed by atoms with E-state index in [-0.39, 0.29) is 5.89 Å². The number of carbonyl (C=O) groups is 1. The molecular formula is C14H12BrN3O3. The summed E-state index contributed by atoms with van der Waals surface area (Å²) in [5.74, 6) is 0.272. The Hall–Kier alpha value is -2.15. The van der Waals surface area contributed by atoms with Crippen LogP contribution in [-0.2, 0) is 4.74 Å². The fourth-order valence-corrected chi connectivity index (χ4v) is 2.37. The van der Waals surface area contributed by atoms with Crippen LogP contribution >= 0.6 is 15.9 Å². The molecule has 0 saturated heterocycles. The second kappa shape index (κ2) is 5.33. The maximum absolute atomic E-state index is 12.3. The average Bonchev–Trinajstić information content (AvgIpc) is 3.04. The summed E-state index contributed by atoms with van der Waals surface area (Å²) in [4.78, 5) is 15.3. The topological polar surface area (TPSA) is 81.0 Å². The van der Waals surface area contributed by atoms with E-state index in [0.717, 1.165) is 15.4 Å². The molecule has 1 atom stereocenters. The number of esters is 1. The number of carbonyl (C=O) groups excluding carboxylic acids is 1. The summed E-state index contributed by atoms with van der Waals surface area (Å²) in [7, 11) is 0. The van der Waals surface area contributed by atoms with Gasteiger partial charge in [-0.2, -0.15) is 0 Å². The first kappa shape index (κ1) is 13.8. The van der Waals surface area contributed by atoms with Crippen LogP contribution in [0.5, 0.6) is 0 Å². The monoisotopic (exact) mass is 349 g/mol. The van der Waals surface area contributed by atoms with Crippen molar-refractivity contribution in [3.63, 3.8) is 0 Å². The SMILES string of the molecule is Cc1nnc(C(C)OC(=O)c2c[nH]c3ccc(Br)cc23)o1. The molecule has 108 valence electrons. The lowest BCUT2D eigenvalue weighted by atomic mass is 10.2. The van der Waals surface area contributed by atoms with E-state index in [9.17, 15) is 4.79 Å². The first-order valence-electron chi connectivity index (χ1n) is 6.32. The van der Waals surface area contributed by atoms with Gasteiger partial charge in [-0.05, 0) is 25.1 Å². The van der Waals surface area contributed by atoms with Gasteiger partial charge in [0.15, 0.2) is 6.10 Å². The van der Waals surface area contributed by atoms with E-state index >= 15 is 0 Å². The summed E-state index contributed by atoms with van der Waals surface area (Å²) in [5, 5.41) is 8.36. The molecule has 1 N–H and O–H groups in total. The van der Waals surface area contributed by atoms with Gasteiger partial charge in [0.25, 0.3) is 5.89 Å². The van der Waals surface area contributed by atoms with Gasteiger partial charge >= 0.3 is 5.97 Å². The maximum atomic E-state index is 12.3. The second-order valence-corrected chi connectivity index (χ2v) is 5.51. The van der Waals surface area contributed by atoms with Crippen LogP contribution < -0.4 is 0 Å². The van der Waals surface area contributed by atoms with Crippen molar-refractivity contribution in [1.82, 2.24) is 15.2 Å². The van der Waals surface area contributed by atoms with Crippen LogP contribution in [0, 0.1) is 6.92 Å². The van der Waals surface area contributed by atoms with Gasteiger partial charge in [-0.15, -0.1) is 10.2 Å². The van der Waals surface area contributed by atoms with Crippen molar-refractivity contribution in [2.45, 2.75) is 20.0 Å². The molecule has 7 heteroatoms. The molecule has 0 spiro atoms. The third kappa shape index (κ3) is 2.69. The predicted molar refractivity (Wildman–Crippen MR) is 78.9 cm³/mol. The van der Waals surface area contributed by atoms with Crippen LogP contribution in [0.15, 0.2) is 33.3 Å². The largest absolute Gasteiger partial charge is 0.449 e. The molecule has 0 radical (unpaired) electrons. The zero-order chi connectivity index (χ0) is 15.0. The third-order valence-corrected chi connectivity index (χ3v) is 3.53. The minimum Gasteiger partial charge on any atom is -0.449 e. The lowest BCUT2D eigenvalue weighted by molar-refractivity contribution is 0.0279. The number of ether oxygens (including phenoxy) is 1. The number of aromatic amines is 1. The predicted octanol–water partition coefficient (Wildman–Crippen LogP) is 3.54. The van der Waals surface area contributed by atoms with Crippen molar-refractivity contribution in [2.75, 3.05) is 0 Å². The molecule has 21 heavy (non-hydrogen) atoms. The Kier molecular flexibility index (Phi) is 3.50. The number of nitrogens with one attached hydrogen (secondary N) is 1. The number of hydrogen-bond donors (Lipinski definition) is 1. The Labute approximate surface area is 128 Å². The Bertz CT molecular complexity index is 809. The highest BCUT2D eigenvalue weighted by atomic mass is 79.9. The summed E-state index contributed by atoms with van der Waals surface area (Å²) in [6.07, 6.45) is 1.03. The molecule has 3 aromatic rings. The summed E-state index contributed by atoms with van der Waals surface area (Å²) in [6.45, 7) is 3.37. The van der Waals surface area contributed by atoms with E-state index < -0.39 is 12.1 Å². The molecular weight excluding hydrogens is 338 g/mol. The Morgan fingerprint density at radius 2 is 2.24 bits per heavy atom. The van der Waals surface area contributed by atoms with Crippen molar-refractivity contribution in [3.05, 3.63) is 46.2 Å². The van der Waals surface area contributed by atoms with Crippen molar-refractivity contribution in [3.8, 4) is 0 Å². The van der Waals surface area contributed by atoms with Crippen molar-refractivity contribution in [1.29, 1.82) is 0 Å².